The second-order valence-electron chi connectivity index (χ2n) is 6.45. The number of hydrogen-bond acceptors (Lipinski definition) is 4. The topological polar surface area (TPSA) is 56.8 Å². The van der Waals surface area contributed by atoms with Crippen LogP contribution in [0.1, 0.15) is 30.9 Å². The van der Waals surface area contributed by atoms with Crippen molar-refractivity contribution in [3.63, 3.8) is 0 Å². The average Bonchev–Trinajstić information content (AvgIpc) is 3.09. The van der Waals surface area contributed by atoms with Gasteiger partial charge in [0, 0.05) is 11.8 Å². The number of rotatable bonds is 4. The minimum absolute atomic E-state index is 0.198. The Bertz CT molecular complexity index is 802. The van der Waals surface area contributed by atoms with Gasteiger partial charge in [-0.25, -0.2) is 0 Å². The van der Waals surface area contributed by atoms with Crippen LogP contribution in [0.5, 0.6) is 17.2 Å². The number of nitrogens with one attached hydrogen (secondary N) is 1. The fraction of sp³-hybridized carbons (Fsp3) is 0.350. The van der Waals surface area contributed by atoms with Crippen LogP contribution in [0.25, 0.3) is 0 Å². The van der Waals surface area contributed by atoms with Gasteiger partial charge in [0.05, 0.1) is 0 Å². The highest BCUT2D eigenvalue weighted by atomic mass is 16.7. The molecule has 0 bridgehead atoms. The molecule has 1 unspecified atom stereocenters. The molecule has 1 amide bonds. The maximum absolute atomic E-state index is 12.4. The van der Waals surface area contributed by atoms with Crippen LogP contribution < -0.4 is 19.5 Å². The first kappa shape index (κ1) is 15.8. The molecule has 130 valence electrons. The van der Waals surface area contributed by atoms with E-state index in [9.17, 15) is 4.79 Å². The predicted molar refractivity (Wildman–Crippen MR) is 94.4 cm³/mol. The van der Waals surface area contributed by atoms with E-state index < -0.39 is 6.10 Å². The number of benzene rings is 2. The smallest absolute Gasteiger partial charge is 0.265 e. The number of carbonyl (C=O) groups excluding carboxylic acids is 1. The molecule has 0 spiro atoms. The zero-order chi connectivity index (χ0) is 17.2. The zero-order valence-corrected chi connectivity index (χ0v) is 14.2. The van der Waals surface area contributed by atoms with Crippen LogP contribution in [0.4, 0.5) is 5.69 Å². The molecular formula is C20H21NO4. The SMILES string of the molecule is CC(Oc1ccc2c(c1)CCCC2)C(=O)Nc1ccc2c(c1)OCO2. The fourth-order valence-corrected chi connectivity index (χ4v) is 3.26. The summed E-state index contributed by atoms with van der Waals surface area (Å²) >= 11 is 0. The van der Waals surface area contributed by atoms with Gasteiger partial charge in [0.25, 0.3) is 5.91 Å². The maximum atomic E-state index is 12.4. The lowest BCUT2D eigenvalue weighted by Crippen LogP contribution is -2.30. The van der Waals surface area contributed by atoms with E-state index in [-0.39, 0.29) is 12.7 Å². The summed E-state index contributed by atoms with van der Waals surface area (Å²) in [5.74, 6) is 1.88. The van der Waals surface area contributed by atoms with E-state index >= 15 is 0 Å². The van der Waals surface area contributed by atoms with E-state index in [1.807, 2.05) is 6.07 Å². The molecule has 5 heteroatoms. The largest absolute Gasteiger partial charge is 0.481 e. The summed E-state index contributed by atoms with van der Waals surface area (Å²) < 4.78 is 16.4. The van der Waals surface area contributed by atoms with Crippen molar-refractivity contribution < 1.29 is 19.0 Å². The molecule has 2 aliphatic rings. The highest BCUT2D eigenvalue weighted by molar-refractivity contribution is 5.94. The first-order valence-electron chi connectivity index (χ1n) is 8.68. The zero-order valence-electron chi connectivity index (χ0n) is 14.2. The summed E-state index contributed by atoms with van der Waals surface area (Å²) in [6.45, 7) is 1.96. The minimum Gasteiger partial charge on any atom is -0.481 e. The Morgan fingerprint density at radius 2 is 1.84 bits per heavy atom. The Labute approximate surface area is 146 Å². The standard InChI is InChI=1S/C20H21NO4/c1-13(25-17-8-6-14-4-2-3-5-15(14)10-17)20(22)21-16-7-9-18-19(11-16)24-12-23-18/h6-11,13H,2-5,12H2,1H3,(H,21,22). The van der Waals surface area contributed by atoms with Gasteiger partial charge in [-0.05, 0) is 68.0 Å². The van der Waals surface area contributed by atoms with Gasteiger partial charge in [-0.15, -0.1) is 0 Å². The molecule has 1 aliphatic heterocycles. The summed E-state index contributed by atoms with van der Waals surface area (Å²) in [7, 11) is 0. The van der Waals surface area contributed by atoms with E-state index in [1.54, 1.807) is 25.1 Å². The second kappa shape index (κ2) is 6.67. The van der Waals surface area contributed by atoms with E-state index in [4.69, 9.17) is 14.2 Å². The third-order valence-electron chi connectivity index (χ3n) is 4.64. The first-order chi connectivity index (χ1) is 12.2. The Balaban J connectivity index is 1.40. The van der Waals surface area contributed by atoms with Gasteiger partial charge in [0.1, 0.15) is 5.75 Å². The van der Waals surface area contributed by atoms with Crippen molar-refractivity contribution in [1.82, 2.24) is 0 Å². The van der Waals surface area contributed by atoms with Crippen molar-refractivity contribution >= 4 is 11.6 Å². The van der Waals surface area contributed by atoms with Gasteiger partial charge in [-0.1, -0.05) is 6.07 Å². The van der Waals surface area contributed by atoms with Gasteiger partial charge < -0.3 is 19.5 Å². The molecule has 0 fully saturated rings. The van der Waals surface area contributed by atoms with Gasteiger partial charge in [-0.3, -0.25) is 4.79 Å². The molecule has 1 heterocycles. The van der Waals surface area contributed by atoms with Gasteiger partial charge >= 0.3 is 0 Å². The highest BCUT2D eigenvalue weighted by Gasteiger charge is 2.19. The molecule has 5 nitrogen and oxygen atoms in total. The molecule has 1 N–H and O–H groups in total. The van der Waals surface area contributed by atoms with Crippen molar-refractivity contribution in [2.24, 2.45) is 0 Å². The molecule has 2 aromatic carbocycles. The van der Waals surface area contributed by atoms with E-state index in [0.29, 0.717) is 17.2 Å². The fourth-order valence-electron chi connectivity index (χ4n) is 3.26. The van der Waals surface area contributed by atoms with Crippen LogP contribution in [0, 0.1) is 0 Å². The first-order valence-corrected chi connectivity index (χ1v) is 8.68. The van der Waals surface area contributed by atoms with E-state index in [2.05, 4.69) is 17.4 Å². The molecule has 0 saturated carbocycles. The lowest BCUT2D eigenvalue weighted by Gasteiger charge is -2.19. The number of carbonyl (C=O) groups is 1. The molecule has 4 rings (SSSR count). The average molecular weight is 339 g/mol. The Morgan fingerprint density at radius 1 is 1.04 bits per heavy atom. The van der Waals surface area contributed by atoms with Crippen molar-refractivity contribution in [2.45, 2.75) is 38.7 Å². The lowest BCUT2D eigenvalue weighted by molar-refractivity contribution is -0.122. The molecule has 2 aromatic rings. The van der Waals surface area contributed by atoms with Crippen LogP contribution in [-0.4, -0.2) is 18.8 Å². The highest BCUT2D eigenvalue weighted by Crippen LogP contribution is 2.34. The van der Waals surface area contributed by atoms with Crippen molar-refractivity contribution in [3.05, 3.63) is 47.5 Å². The van der Waals surface area contributed by atoms with E-state index in [1.165, 1.54) is 24.0 Å². The normalized spacial score (nSPS) is 16.0. The van der Waals surface area contributed by atoms with Crippen molar-refractivity contribution in [1.29, 1.82) is 0 Å². The van der Waals surface area contributed by atoms with Crippen LogP contribution in [-0.2, 0) is 17.6 Å². The Hall–Kier alpha value is -2.69. The second-order valence-corrected chi connectivity index (χ2v) is 6.45. The number of hydrogen-bond donors (Lipinski definition) is 1. The molecular weight excluding hydrogens is 318 g/mol. The van der Waals surface area contributed by atoms with Crippen LogP contribution in [0.3, 0.4) is 0 Å². The molecule has 0 radical (unpaired) electrons. The Kier molecular flexibility index (Phi) is 4.22. The number of fused-ring (bicyclic) bond motifs is 2. The van der Waals surface area contributed by atoms with Crippen molar-refractivity contribution in [2.75, 3.05) is 12.1 Å². The third-order valence-corrected chi connectivity index (χ3v) is 4.64. The number of anilines is 1. The quantitative estimate of drug-likeness (QED) is 0.923. The summed E-state index contributed by atoms with van der Waals surface area (Å²) in [6, 6.07) is 11.5. The Morgan fingerprint density at radius 3 is 2.72 bits per heavy atom. The summed E-state index contributed by atoms with van der Waals surface area (Å²) in [5.41, 5.74) is 3.40. The molecule has 1 aliphatic carbocycles. The summed E-state index contributed by atoms with van der Waals surface area (Å²) in [6.07, 6.45) is 4.10. The van der Waals surface area contributed by atoms with Crippen molar-refractivity contribution in [3.8, 4) is 17.2 Å². The maximum Gasteiger partial charge on any atom is 0.265 e. The van der Waals surface area contributed by atoms with Crippen LogP contribution in [0.2, 0.25) is 0 Å². The number of amides is 1. The minimum atomic E-state index is -0.591. The molecule has 0 saturated heterocycles. The lowest BCUT2D eigenvalue weighted by atomic mass is 9.92. The predicted octanol–water partition coefficient (Wildman–Crippen LogP) is 3.70. The molecule has 25 heavy (non-hydrogen) atoms. The van der Waals surface area contributed by atoms with Gasteiger partial charge in [-0.2, -0.15) is 0 Å². The number of aryl methyl sites for hydroxylation is 2. The summed E-state index contributed by atoms with van der Waals surface area (Å²) in [4.78, 5) is 12.4. The monoisotopic (exact) mass is 339 g/mol. The molecule has 1 atom stereocenters. The van der Waals surface area contributed by atoms with Gasteiger partial charge in [0.15, 0.2) is 17.6 Å². The van der Waals surface area contributed by atoms with Crippen LogP contribution in [0.15, 0.2) is 36.4 Å². The number of ether oxygens (including phenoxy) is 3. The van der Waals surface area contributed by atoms with Crippen LogP contribution >= 0.6 is 0 Å². The third kappa shape index (κ3) is 3.40. The molecule has 0 aromatic heterocycles. The summed E-state index contributed by atoms with van der Waals surface area (Å²) in [5, 5.41) is 2.85. The van der Waals surface area contributed by atoms with Gasteiger partial charge in [0.2, 0.25) is 6.79 Å². The van der Waals surface area contributed by atoms with E-state index in [0.717, 1.165) is 18.6 Å².